The van der Waals surface area contributed by atoms with Gasteiger partial charge < -0.3 is 15.1 Å². The highest BCUT2D eigenvalue weighted by Gasteiger charge is 2.43. The number of piperazine rings is 1. The molecule has 2 heterocycles. The van der Waals surface area contributed by atoms with Crippen molar-refractivity contribution in [3.05, 3.63) is 30.3 Å². The fourth-order valence-corrected chi connectivity index (χ4v) is 4.40. The van der Waals surface area contributed by atoms with Crippen molar-refractivity contribution in [3.63, 3.8) is 0 Å². The van der Waals surface area contributed by atoms with Gasteiger partial charge in [-0.15, -0.1) is 0 Å². The predicted octanol–water partition coefficient (Wildman–Crippen LogP) is 2.63. The molecule has 1 aliphatic carbocycles. The number of carbonyl (C=O) groups is 2. The quantitative estimate of drug-likeness (QED) is 0.890. The van der Waals surface area contributed by atoms with Crippen LogP contribution in [0.4, 0.5) is 10.5 Å². The van der Waals surface area contributed by atoms with E-state index >= 15 is 0 Å². The van der Waals surface area contributed by atoms with Crippen LogP contribution in [0.3, 0.4) is 0 Å². The van der Waals surface area contributed by atoms with Crippen LogP contribution in [-0.2, 0) is 4.79 Å². The van der Waals surface area contributed by atoms with E-state index in [0.717, 1.165) is 50.6 Å². The molecule has 4 rings (SSSR count). The number of hydrogen-bond donors (Lipinski definition) is 1. The van der Waals surface area contributed by atoms with Gasteiger partial charge in [0.1, 0.15) is 0 Å². The van der Waals surface area contributed by atoms with Crippen molar-refractivity contribution >= 4 is 17.6 Å². The molecule has 1 aromatic rings. The lowest BCUT2D eigenvalue weighted by atomic mass is 9.86. The van der Waals surface area contributed by atoms with Crippen molar-refractivity contribution in [2.24, 2.45) is 5.92 Å². The molecular formula is C21H30N4O2. The zero-order valence-corrected chi connectivity index (χ0v) is 16.2. The van der Waals surface area contributed by atoms with E-state index in [1.54, 1.807) is 0 Å². The van der Waals surface area contributed by atoms with Gasteiger partial charge in [-0.05, 0) is 50.8 Å². The number of likely N-dealkylation sites (tertiary alicyclic amines) is 1. The average Bonchev–Trinajstić information content (AvgIpc) is 3.50. The third-order valence-electron chi connectivity index (χ3n) is 6.49. The van der Waals surface area contributed by atoms with E-state index in [4.69, 9.17) is 0 Å². The van der Waals surface area contributed by atoms with Gasteiger partial charge in [0.25, 0.3) is 0 Å². The van der Waals surface area contributed by atoms with Crippen molar-refractivity contribution in [2.75, 3.05) is 45.1 Å². The lowest BCUT2D eigenvalue weighted by molar-refractivity contribution is -0.130. The van der Waals surface area contributed by atoms with Crippen molar-refractivity contribution in [2.45, 2.75) is 37.6 Å². The molecule has 6 heteroatoms. The van der Waals surface area contributed by atoms with E-state index in [2.05, 4.69) is 22.2 Å². The summed E-state index contributed by atoms with van der Waals surface area (Å²) in [4.78, 5) is 31.7. The number of amides is 3. The SMILES string of the molecule is CN1CCN(C(=O)Nc2ccccc2)C[C@]12CCC(=O)N(CC1CC1)CC2. The Hall–Kier alpha value is -2.08. The Morgan fingerprint density at radius 3 is 2.67 bits per heavy atom. The molecule has 0 aromatic heterocycles. The summed E-state index contributed by atoms with van der Waals surface area (Å²) < 4.78 is 0. The average molecular weight is 370 g/mol. The zero-order chi connectivity index (χ0) is 18.9. The van der Waals surface area contributed by atoms with Crippen LogP contribution in [0.2, 0.25) is 0 Å². The van der Waals surface area contributed by atoms with Gasteiger partial charge in [0.2, 0.25) is 5.91 Å². The highest BCUT2D eigenvalue weighted by atomic mass is 16.2. The standard InChI is InChI=1S/C21H30N4O2/c1-23-13-14-25(20(27)22-18-5-3-2-4-6-18)16-21(23)10-9-19(26)24(12-11-21)15-17-7-8-17/h2-6,17H,7-16H2,1H3,(H,22,27)/t21-/m1/s1. The summed E-state index contributed by atoms with van der Waals surface area (Å²) in [7, 11) is 2.15. The van der Waals surface area contributed by atoms with Crippen LogP contribution >= 0.6 is 0 Å². The Kier molecular flexibility index (Phi) is 5.08. The molecule has 0 unspecified atom stereocenters. The normalized spacial score (nSPS) is 26.9. The molecule has 1 N–H and O–H groups in total. The van der Waals surface area contributed by atoms with Gasteiger partial charge in [0.15, 0.2) is 0 Å². The molecule has 27 heavy (non-hydrogen) atoms. The van der Waals surface area contributed by atoms with Gasteiger partial charge >= 0.3 is 6.03 Å². The van der Waals surface area contributed by atoms with E-state index < -0.39 is 0 Å². The topological polar surface area (TPSA) is 55.9 Å². The number of urea groups is 1. The van der Waals surface area contributed by atoms with Crippen LogP contribution in [0, 0.1) is 5.92 Å². The first kappa shape index (κ1) is 18.3. The summed E-state index contributed by atoms with van der Waals surface area (Å²) in [6, 6.07) is 9.56. The van der Waals surface area contributed by atoms with Crippen LogP contribution in [0.1, 0.15) is 32.1 Å². The van der Waals surface area contributed by atoms with Gasteiger partial charge in [0, 0.05) is 50.4 Å². The molecule has 1 aromatic carbocycles. The number of hydrogen-bond acceptors (Lipinski definition) is 3. The first-order chi connectivity index (χ1) is 13.1. The number of carbonyl (C=O) groups excluding carboxylic acids is 2. The minimum absolute atomic E-state index is 0.0425. The Bertz CT molecular complexity index is 691. The number of anilines is 1. The summed E-state index contributed by atoms with van der Waals surface area (Å²) in [5.41, 5.74) is 0.724. The Balaban J connectivity index is 1.43. The summed E-state index contributed by atoms with van der Waals surface area (Å²) in [5, 5.41) is 3.01. The molecule has 0 radical (unpaired) electrons. The number of benzene rings is 1. The molecular weight excluding hydrogens is 340 g/mol. The number of nitrogens with zero attached hydrogens (tertiary/aromatic N) is 3. The second-order valence-electron chi connectivity index (χ2n) is 8.40. The molecule has 0 bridgehead atoms. The molecule has 1 saturated carbocycles. The molecule has 146 valence electrons. The van der Waals surface area contributed by atoms with E-state index in [0.29, 0.717) is 13.0 Å². The highest BCUT2D eigenvalue weighted by Crippen LogP contribution is 2.35. The third kappa shape index (κ3) is 4.10. The van der Waals surface area contributed by atoms with Crippen molar-refractivity contribution in [1.29, 1.82) is 0 Å². The lowest BCUT2D eigenvalue weighted by Gasteiger charge is -2.49. The van der Waals surface area contributed by atoms with Crippen molar-refractivity contribution in [1.82, 2.24) is 14.7 Å². The first-order valence-corrected chi connectivity index (χ1v) is 10.2. The molecule has 1 atom stereocenters. The van der Waals surface area contributed by atoms with Crippen LogP contribution < -0.4 is 5.32 Å². The summed E-state index contributed by atoms with van der Waals surface area (Å²) in [6.45, 7) is 3.99. The van der Waals surface area contributed by atoms with Gasteiger partial charge in [-0.25, -0.2) is 4.79 Å². The second-order valence-corrected chi connectivity index (χ2v) is 8.40. The van der Waals surface area contributed by atoms with Gasteiger partial charge in [-0.3, -0.25) is 9.69 Å². The Morgan fingerprint density at radius 1 is 1.15 bits per heavy atom. The van der Waals surface area contributed by atoms with Crippen molar-refractivity contribution in [3.8, 4) is 0 Å². The molecule has 1 spiro atoms. The molecule has 3 amide bonds. The molecule has 6 nitrogen and oxygen atoms in total. The maximum atomic E-state index is 12.8. The number of rotatable bonds is 3. The van der Waals surface area contributed by atoms with E-state index in [-0.39, 0.29) is 17.5 Å². The van der Waals surface area contributed by atoms with Crippen LogP contribution in [0.25, 0.3) is 0 Å². The second kappa shape index (κ2) is 7.50. The van der Waals surface area contributed by atoms with Crippen molar-refractivity contribution < 1.29 is 9.59 Å². The Morgan fingerprint density at radius 2 is 1.93 bits per heavy atom. The van der Waals surface area contributed by atoms with E-state index in [1.807, 2.05) is 35.2 Å². The maximum Gasteiger partial charge on any atom is 0.321 e. The summed E-state index contributed by atoms with van der Waals surface area (Å²) in [5.74, 6) is 1.01. The largest absolute Gasteiger partial charge is 0.342 e. The highest BCUT2D eigenvalue weighted by molar-refractivity contribution is 5.89. The minimum Gasteiger partial charge on any atom is -0.342 e. The summed E-state index contributed by atoms with van der Waals surface area (Å²) >= 11 is 0. The smallest absolute Gasteiger partial charge is 0.321 e. The van der Waals surface area contributed by atoms with Crippen LogP contribution in [-0.4, -0.2) is 71.9 Å². The monoisotopic (exact) mass is 370 g/mol. The van der Waals surface area contributed by atoms with Gasteiger partial charge in [-0.1, -0.05) is 18.2 Å². The molecule has 2 saturated heterocycles. The predicted molar refractivity (Wildman–Crippen MR) is 106 cm³/mol. The van der Waals surface area contributed by atoms with E-state index in [9.17, 15) is 9.59 Å². The van der Waals surface area contributed by atoms with Crippen LogP contribution in [0.5, 0.6) is 0 Å². The zero-order valence-electron chi connectivity index (χ0n) is 16.2. The maximum absolute atomic E-state index is 12.8. The molecule has 3 aliphatic rings. The number of nitrogens with one attached hydrogen (secondary N) is 1. The number of likely N-dealkylation sites (N-methyl/N-ethyl adjacent to an activating group) is 1. The fraction of sp³-hybridized carbons (Fsp3) is 0.619. The summed E-state index contributed by atoms with van der Waals surface area (Å²) in [6.07, 6.45) is 4.89. The van der Waals surface area contributed by atoms with Crippen LogP contribution in [0.15, 0.2) is 30.3 Å². The van der Waals surface area contributed by atoms with E-state index in [1.165, 1.54) is 12.8 Å². The third-order valence-corrected chi connectivity index (χ3v) is 6.49. The number of para-hydroxylation sites is 1. The van der Waals surface area contributed by atoms with Gasteiger partial charge in [-0.2, -0.15) is 0 Å². The Labute approximate surface area is 161 Å². The first-order valence-electron chi connectivity index (χ1n) is 10.2. The lowest BCUT2D eigenvalue weighted by Crippen LogP contribution is -2.62. The van der Waals surface area contributed by atoms with Gasteiger partial charge in [0.05, 0.1) is 0 Å². The minimum atomic E-state index is -0.0970. The molecule has 3 fully saturated rings. The fourth-order valence-electron chi connectivity index (χ4n) is 4.40. The molecule has 2 aliphatic heterocycles.